The van der Waals surface area contributed by atoms with Gasteiger partial charge >= 0.3 is 0 Å². The minimum absolute atomic E-state index is 0.558. The zero-order valence-corrected chi connectivity index (χ0v) is 19.4. The van der Waals surface area contributed by atoms with Gasteiger partial charge < -0.3 is 39.5 Å². The van der Waals surface area contributed by atoms with Crippen LogP contribution in [0.4, 0.5) is 29.6 Å². The van der Waals surface area contributed by atoms with Crippen molar-refractivity contribution >= 4 is 29.6 Å². The van der Waals surface area contributed by atoms with Crippen molar-refractivity contribution in [1.82, 2.24) is 24.9 Å². The molecule has 2 aromatic rings. The molecule has 184 valence electrons. The van der Waals surface area contributed by atoms with Crippen molar-refractivity contribution in [2.45, 2.75) is 0 Å². The van der Waals surface area contributed by atoms with E-state index in [1.807, 2.05) is 6.07 Å². The Morgan fingerprint density at radius 3 is 1.68 bits per heavy atom. The number of morpholine rings is 3. The molecule has 3 aliphatic heterocycles. The second-order valence-corrected chi connectivity index (χ2v) is 8.15. The normalized spacial score (nSPS) is 19.2. The number of ether oxygens (including phenoxy) is 3. The summed E-state index contributed by atoms with van der Waals surface area (Å²) >= 11 is 0. The Bertz CT molecular complexity index is 881. The molecule has 3 aliphatic rings. The molecular weight excluding hydrogens is 440 g/mol. The van der Waals surface area contributed by atoms with E-state index in [9.17, 15) is 0 Å². The first-order valence-electron chi connectivity index (χ1n) is 11.9. The molecule has 0 saturated carbocycles. The highest BCUT2D eigenvalue weighted by Crippen LogP contribution is 2.19. The third-order valence-corrected chi connectivity index (χ3v) is 5.87. The van der Waals surface area contributed by atoms with Crippen molar-refractivity contribution in [3.63, 3.8) is 0 Å². The molecule has 3 saturated heterocycles. The summed E-state index contributed by atoms with van der Waals surface area (Å²) < 4.78 is 16.4. The fourth-order valence-electron chi connectivity index (χ4n) is 3.99. The Hall–Kier alpha value is -3.03. The molecule has 0 radical (unpaired) electrons. The maximum absolute atomic E-state index is 5.48. The average molecular weight is 473 g/mol. The van der Waals surface area contributed by atoms with E-state index < -0.39 is 0 Å². The lowest BCUT2D eigenvalue weighted by Gasteiger charge is -2.30. The van der Waals surface area contributed by atoms with Gasteiger partial charge in [-0.15, -0.1) is 0 Å². The lowest BCUT2D eigenvalue weighted by Crippen LogP contribution is -2.40. The van der Waals surface area contributed by atoms with Gasteiger partial charge in [-0.25, -0.2) is 4.98 Å². The number of aromatic nitrogens is 5. The standard InChI is InChI=1S/C21H32N10O3/c1-2-22-18(25-17(1)29-5-11-32-12-6-29)23-3-4-24-19-26-20(30-7-13-33-14-8-30)28-21(27-19)31-9-15-34-16-10-31/h1-2H,3-16H2,(H,22,23,25)(H,24,26,27,28). The molecule has 0 amide bonds. The molecule has 5 heterocycles. The predicted molar refractivity (Wildman–Crippen MR) is 128 cm³/mol. The van der Waals surface area contributed by atoms with Gasteiger partial charge in [0, 0.05) is 58.6 Å². The lowest BCUT2D eigenvalue weighted by molar-refractivity contribution is 0.121. The summed E-state index contributed by atoms with van der Waals surface area (Å²) in [5.41, 5.74) is 0. The van der Waals surface area contributed by atoms with Gasteiger partial charge in [0.05, 0.1) is 39.6 Å². The van der Waals surface area contributed by atoms with Crippen LogP contribution in [0.5, 0.6) is 0 Å². The minimum Gasteiger partial charge on any atom is -0.378 e. The third-order valence-electron chi connectivity index (χ3n) is 5.87. The number of nitrogens with one attached hydrogen (secondary N) is 2. The van der Waals surface area contributed by atoms with E-state index >= 15 is 0 Å². The van der Waals surface area contributed by atoms with Crippen molar-refractivity contribution in [2.24, 2.45) is 0 Å². The molecule has 5 rings (SSSR count). The van der Waals surface area contributed by atoms with E-state index in [1.165, 1.54) is 0 Å². The molecule has 0 atom stereocenters. The molecule has 0 aliphatic carbocycles. The Balaban J connectivity index is 1.20. The average Bonchev–Trinajstić information content (AvgIpc) is 2.93. The monoisotopic (exact) mass is 472 g/mol. The van der Waals surface area contributed by atoms with E-state index in [-0.39, 0.29) is 0 Å². The molecule has 0 bridgehead atoms. The minimum atomic E-state index is 0.558. The van der Waals surface area contributed by atoms with Gasteiger partial charge in [0.25, 0.3) is 0 Å². The number of anilines is 5. The Morgan fingerprint density at radius 2 is 1.12 bits per heavy atom. The van der Waals surface area contributed by atoms with E-state index in [0.29, 0.717) is 63.3 Å². The first-order chi connectivity index (χ1) is 16.8. The SMILES string of the molecule is c1cc(N2CCOCC2)nc(NCCNc2nc(N3CCOCC3)nc(N3CCOCC3)n2)n1. The van der Waals surface area contributed by atoms with Crippen molar-refractivity contribution in [3.05, 3.63) is 12.3 Å². The van der Waals surface area contributed by atoms with Gasteiger partial charge in [-0.1, -0.05) is 0 Å². The van der Waals surface area contributed by atoms with E-state index in [0.717, 1.165) is 58.3 Å². The van der Waals surface area contributed by atoms with Gasteiger partial charge in [0.1, 0.15) is 5.82 Å². The van der Waals surface area contributed by atoms with Crippen LogP contribution in [0.15, 0.2) is 12.3 Å². The van der Waals surface area contributed by atoms with Gasteiger partial charge in [-0.2, -0.15) is 19.9 Å². The summed E-state index contributed by atoms with van der Waals surface area (Å²) in [6.07, 6.45) is 1.78. The van der Waals surface area contributed by atoms with Crippen LogP contribution in [0.1, 0.15) is 0 Å². The number of hydrogen-bond donors (Lipinski definition) is 2. The number of hydrogen-bond acceptors (Lipinski definition) is 13. The second-order valence-electron chi connectivity index (χ2n) is 8.15. The van der Waals surface area contributed by atoms with Crippen LogP contribution >= 0.6 is 0 Å². The van der Waals surface area contributed by atoms with Crippen molar-refractivity contribution < 1.29 is 14.2 Å². The van der Waals surface area contributed by atoms with Crippen LogP contribution in [0.25, 0.3) is 0 Å². The molecule has 2 aromatic heterocycles. The molecule has 3 fully saturated rings. The zero-order valence-electron chi connectivity index (χ0n) is 19.4. The smallest absolute Gasteiger partial charge is 0.232 e. The number of rotatable bonds is 8. The Kier molecular flexibility index (Phi) is 7.63. The van der Waals surface area contributed by atoms with Crippen LogP contribution < -0.4 is 25.3 Å². The van der Waals surface area contributed by atoms with Crippen LogP contribution in [-0.4, -0.2) is 117 Å². The van der Waals surface area contributed by atoms with Crippen LogP contribution in [0.2, 0.25) is 0 Å². The van der Waals surface area contributed by atoms with Crippen molar-refractivity contribution in [1.29, 1.82) is 0 Å². The zero-order chi connectivity index (χ0) is 23.0. The summed E-state index contributed by atoms with van der Waals surface area (Å²) in [7, 11) is 0. The molecule has 34 heavy (non-hydrogen) atoms. The first-order valence-corrected chi connectivity index (χ1v) is 11.9. The molecule has 13 heteroatoms. The van der Waals surface area contributed by atoms with Crippen LogP contribution in [-0.2, 0) is 14.2 Å². The largest absolute Gasteiger partial charge is 0.378 e. The van der Waals surface area contributed by atoms with Crippen molar-refractivity contribution in [3.8, 4) is 0 Å². The van der Waals surface area contributed by atoms with E-state index in [2.05, 4.69) is 45.3 Å². The topological polar surface area (TPSA) is 126 Å². The second kappa shape index (κ2) is 11.4. The van der Waals surface area contributed by atoms with Crippen LogP contribution in [0, 0.1) is 0 Å². The molecule has 0 unspecified atom stereocenters. The maximum Gasteiger partial charge on any atom is 0.232 e. The highest BCUT2D eigenvalue weighted by atomic mass is 16.5. The predicted octanol–water partition coefficient (Wildman–Crippen LogP) is -0.305. The van der Waals surface area contributed by atoms with Gasteiger partial charge in [0.2, 0.25) is 23.8 Å². The first kappa shape index (κ1) is 22.7. The van der Waals surface area contributed by atoms with Gasteiger partial charge in [-0.05, 0) is 6.07 Å². The molecule has 0 spiro atoms. The maximum atomic E-state index is 5.48. The van der Waals surface area contributed by atoms with Crippen molar-refractivity contribution in [2.75, 3.05) is 117 Å². The molecule has 0 aromatic carbocycles. The highest BCUT2D eigenvalue weighted by Gasteiger charge is 2.20. The molecular formula is C21H32N10O3. The summed E-state index contributed by atoms with van der Waals surface area (Å²) in [4.78, 5) is 29.6. The Labute approximate surface area is 198 Å². The summed E-state index contributed by atoms with van der Waals surface area (Å²) in [5, 5.41) is 6.61. The van der Waals surface area contributed by atoms with Crippen LogP contribution in [0.3, 0.4) is 0 Å². The van der Waals surface area contributed by atoms with E-state index in [1.54, 1.807) is 6.20 Å². The quantitative estimate of drug-likeness (QED) is 0.489. The summed E-state index contributed by atoms with van der Waals surface area (Å²) in [5.74, 6) is 3.43. The fraction of sp³-hybridized carbons (Fsp3) is 0.667. The lowest BCUT2D eigenvalue weighted by atomic mass is 10.4. The van der Waals surface area contributed by atoms with Gasteiger partial charge in [-0.3, -0.25) is 0 Å². The van der Waals surface area contributed by atoms with Gasteiger partial charge in [0.15, 0.2) is 0 Å². The Morgan fingerprint density at radius 1 is 0.618 bits per heavy atom. The summed E-state index contributed by atoms with van der Waals surface area (Å²) in [6, 6.07) is 1.93. The summed E-state index contributed by atoms with van der Waals surface area (Å²) in [6.45, 7) is 10.1. The van der Waals surface area contributed by atoms with E-state index in [4.69, 9.17) is 19.2 Å². The highest BCUT2D eigenvalue weighted by molar-refractivity contribution is 5.46. The number of nitrogens with zero attached hydrogens (tertiary/aromatic N) is 8. The fourth-order valence-corrected chi connectivity index (χ4v) is 3.99. The third kappa shape index (κ3) is 5.90. The molecule has 2 N–H and O–H groups in total. The molecule has 13 nitrogen and oxygen atoms in total.